The molecule has 5 heteroatoms. The Kier molecular flexibility index (Phi) is 6.57. The molecule has 132 valence electrons. The second kappa shape index (κ2) is 8.87. The molecule has 0 aliphatic carbocycles. The number of nitrogens with zero attached hydrogens (tertiary/aromatic N) is 1. The third-order valence-corrected chi connectivity index (χ3v) is 3.82. The Morgan fingerprint density at radius 2 is 1.68 bits per heavy atom. The molecule has 0 bridgehead atoms. The van der Waals surface area contributed by atoms with Crippen LogP contribution in [0.15, 0.2) is 54.6 Å². The second-order valence-corrected chi connectivity index (χ2v) is 5.99. The highest BCUT2D eigenvalue weighted by Crippen LogP contribution is 2.21. The molecule has 2 aromatic carbocycles. The molecule has 0 saturated heterocycles. The van der Waals surface area contributed by atoms with Gasteiger partial charge in [-0.3, -0.25) is 9.59 Å². The van der Waals surface area contributed by atoms with Crippen LogP contribution in [0.2, 0.25) is 0 Å². The van der Waals surface area contributed by atoms with E-state index in [0.29, 0.717) is 17.9 Å². The fourth-order valence-electron chi connectivity index (χ4n) is 2.29. The number of nitrogens with one attached hydrogen (secondary N) is 1. The lowest BCUT2D eigenvalue weighted by atomic mass is 10.1. The molecule has 2 amide bonds. The zero-order valence-electron chi connectivity index (χ0n) is 14.9. The first-order valence-corrected chi connectivity index (χ1v) is 8.27. The first kappa shape index (κ1) is 18.5. The number of rotatable bonds is 7. The largest absolute Gasteiger partial charge is 0.486 e. The third-order valence-electron chi connectivity index (χ3n) is 3.82. The molecule has 0 aliphatic heterocycles. The van der Waals surface area contributed by atoms with Crippen LogP contribution in [0.25, 0.3) is 0 Å². The van der Waals surface area contributed by atoms with Crippen molar-refractivity contribution in [2.24, 2.45) is 0 Å². The van der Waals surface area contributed by atoms with Crippen molar-refractivity contribution in [3.63, 3.8) is 0 Å². The molecule has 0 radical (unpaired) electrons. The van der Waals surface area contributed by atoms with Crippen molar-refractivity contribution >= 4 is 11.8 Å². The van der Waals surface area contributed by atoms with Crippen molar-refractivity contribution in [1.29, 1.82) is 0 Å². The zero-order valence-corrected chi connectivity index (χ0v) is 14.9. The molecule has 1 N–H and O–H groups in total. The smallest absolute Gasteiger partial charge is 0.251 e. The monoisotopic (exact) mass is 340 g/mol. The van der Waals surface area contributed by atoms with Gasteiger partial charge < -0.3 is 15.0 Å². The summed E-state index contributed by atoms with van der Waals surface area (Å²) in [5, 5.41) is 2.74. The molecule has 25 heavy (non-hydrogen) atoms. The number of carbonyl (C=O) groups excluding carboxylic acids is 2. The zero-order chi connectivity index (χ0) is 18.2. The van der Waals surface area contributed by atoms with Crippen molar-refractivity contribution in [3.8, 4) is 5.75 Å². The number of carbonyl (C=O) groups is 2. The van der Waals surface area contributed by atoms with E-state index in [-0.39, 0.29) is 24.3 Å². The van der Waals surface area contributed by atoms with Crippen molar-refractivity contribution in [1.82, 2.24) is 10.2 Å². The Morgan fingerprint density at radius 3 is 2.28 bits per heavy atom. The lowest BCUT2D eigenvalue weighted by molar-refractivity contribution is -0.128. The van der Waals surface area contributed by atoms with Gasteiger partial charge in [0.2, 0.25) is 5.91 Å². The predicted octanol–water partition coefficient (Wildman–Crippen LogP) is 3.03. The molecule has 2 aromatic rings. The number of benzene rings is 2. The van der Waals surface area contributed by atoms with Crippen LogP contribution in [-0.2, 0) is 4.79 Å². The number of hydrogen-bond donors (Lipinski definition) is 1. The molecule has 2 rings (SSSR count). The maximum absolute atomic E-state index is 12.1. The summed E-state index contributed by atoms with van der Waals surface area (Å²) in [7, 11) is 3.39. The van der Waals surface area contributed by atoms with Gasteiger partial charge in [0.1, 0.15) is 11.9 Å². The van der Waals surface area contributed by atoms with Crippen molar-refractivity contribution in [3.05, 3.63) is 65.7 Å². The molecule has 0 aliphatic rings. The minimum atomic E-state index is -0.200. The minimum absolute atomic E-state index is 0.0149. The molecular weight excluding hydrogens is 316 g/mol. The van der Waals surface area contributed by atoms with Gasteiger partial charge in [-0.25, -0.2) is 0 Å². The number of amides is 2. The summed E-state index contributed by atoms with van der Waals surface area (Å²) in [5.41, 5.74) is 1.63. The maximum Gasteiger partial charge on any atom is 0.251 e. The highest BCUT2D eigenvalue weighted by Gasteiger charge is 2.10. The average Bonchev–Trinajstić information content (AvgIpc) is 2.62. The lowest BCUT2D eigenvalue weighted by Gasteiger charge is -2.15. The minimum Gasteiger partial charge on any atom is -0.486 e. The van der Waals surface area contributed by atoms with Crippen LogP contribution >= 0.6 is 0 Å². The van der Waals surface area contributed by atoms with Gasteiger partial charge in [-0.15, -0.1) is 0 Å². The quantitative estimate of drug-likeness (QED) is 0.843. The van der Waals surface area contributed by atoms with Crippen molar-refractivity contribution in [2.45, 2.75) is 19.4 Å². The van der Waals surface area contributed by atoms with E-state index < -0.39 is 0 Å². The average molecular weight is 340 g/mol. The van der Waals surface area contributed by atoms with Crippen LogP contribution in [0.3, 0.4) is 0 Å². The maximum atomic E-state index is 12.1. The van der Waals surface area contributed by atoms with Gasteiger partial charge in [0.05, 0.1) is 0 Å². The van der Waals surface area contributed by atoms with Crippen LogP contribution in [0.1, 0.15) is 35.4 Å². The van der Waals surface area contributed by atoms with Gasteiger partial charge >= 0.3 is 0 Å². The molecule has 0 heterocycles. The molecule has 0 saturated carbocycles. The van der Waals surface area contributed by atoms with Gasteiger partial charge in [-0.05, 0) is 36.8 Å². The van der Waals surface area contributed by atoms with Gasteiger partial charge in [-0.1, -0.05) is 30.3 Å². The van der Waals surface area contributed by atoms with Crippen molar-refractivity contribution < 1.29 is 14.3 Å². The fraction of sp³-hybridized carbons (Fsp3) is 0.300. The molecule has 0 spiro atoms. The topological polar surface area (TPSA) is 58.6 Å². The Labute approximate surface area is 148 Å². The number of hydrogen-bond acceptors (Lipinski definition) is 3. The number of ether oxygens (including phenoxy) is 1. The summed E-state index contributed by atoms with van der Waals surface area (Å²) in [6.07, 6.45) is 0.215. The van der Waals surface area contributed by atoms with Crippen LogP contribution < -0.4 is 10.1 Å². The summed E-state index contributed by atoms with van der Waals surface area (Å²) in [4.78, 5) is 25.1. The second-order valence-electron chi connectivity index (χ2n) is 5.99. The summed E-state index contributed by atoms with van der Waals surface area (Å²) in [5.74, 6) is 0.490. The van der Waals surface area contributed by atoms with E-state index in [1.165, 1.54) is 4.90 Å². The Hall–Kier alpha value is -2.82. The van der Waals surface area contributed by atoms with Crippen LogP contribution in [-0.4, -0.2) is 37.4 Å². The fourth-order valence-corrected chi connectivity index (χ4v) is 2.29. The standard InChI is InChI=1S/C20H24N2O3/c1-15(16-7-5-4-6-8-16)25-18-11-9-17(10-12-18)20(24)21-14-13-19(23)22(2)3/h4-12,15H,13-14H2,1-3H3,(H,21,24). The summed E-state index contributed by atoms with van der Waals surface area (Å²) in [6.45, 7) is 2.30. The van der Waals surface area contributed by atoms with E-state index in [9.17, 15) is 9.59 Å². The summed E-state index contributed by atoms with van der Waals surface area (Å²) < 4.78 is 5.89. The van der Waals surface area contributed by atoms with E-state index in [1.807, 2.05) is 37.3 Å². The van der Waals surface area contributed by atoms with Crippen LogP contribution in [0.5, 0.6) is 5.75 Å². The van der Waals surface area contributed by atoms with Gasteiger partial charge in [0.25, 0.3) is 5.91 Å². The summed E-state index contributed by atoms with van der Waals surface area (Å²) in [6, 6.07) is 16.9. The van der Waals surface area contributed by atoms with E-state index >= 15 is 0 Å². The van der Waals surface area contributed by atoms with Crippen LogP contribution in [0, 0.1) is 0 Å². The van der Waals surface area contributed by atoms with E-state index in [4.69, 9.17) is 4.74 Å². The van der Waals surface area contributed by atoms with E-state index in [2.05, 4.69) is 5.32 Å². The molecular formula is C20H24N2O3. The van der Waals surface area contributed by atoms with E-state index in [0.717, 1.165) is 5.56 Å². The molecule has 0 aromatic heterocycles. The van der Waals surface area contributed by atoms with Crippen molar-refractivity contribution in [2.75, 3.05) is 20.6 Å². The molecule has 1 atom stereocenters. The molecule has 0 fully saturated rings. The Bertz CT molecular complexity index is 697. The first-order chi connectivity index (χ1) is 12.0. The third kappa shape index (κ3) is 5.64. The molecule has 1 unspecified atom stereocenters. The molecule has 5 nitrogen and oxygen atoms in total. The normalized spacial score (nSPS) is 11.5. The summed E-state index contributed by atoms with van der Waals surface area (Å²) >= 11 is 0. The SMILES string of the molecule is CC(Oc1ccc(C(=O)NCCC(=O)N(C)C)cc1)c1ccccc1. The van der Waals surface area contributed by atoms with E-state index in [1.54, 1.807) is 38.4 Å². The van der Waals surface area contributed by atoms with Gasteiger partial charge in [-0.2, -0.15) is 0 Å². The highest BCUT2D eigenvalue weighted by molar-refractivity contribution is 5.94. The predicted molar refractivity (Wildman–Crippen MR) is 97.6 cm³/mol. The highest BCUT2D eigenvalue weighted by atomic mass is 16.5. The van der Waals surface area contributed by atoms with Gasteiger partial charge in [0.15, 0.2) is 0 Å². The first-order valence-electron chi connectivity index (χ1n) is 8.27. The Morgan fingerprint density at radius 1 is 1.04 bits per heavy atom. The van der Waals surface area contributed by atoms with Crippen LogP contribution in [0.4, 0.5) is 0 Å². The lowest BCUT2D eigenvalue weighted by Crippen LogP contribution is -2.30. The van der Waals surface area contributed by atoms with Gasteiger partial charge in [0, 0.05) is 32.6 Å². The Balaban J connectivity index is 1.86.